The third kappa shape index (κ3) is 7.03. The van der Waals surface area contributed by atoms with Gasteiger partial charge in [0, 0.05) is 18.2 Å². The molecule has 3 aromatic rings. The fraction of sp³-hybridized carbons (Fsp3) is 0.208. The van der Waals surface area contributed by atoms with Crippen LogP contribution in [-0.4, -0.2) is 42.5 Å². The maximum absolute atomic E-state index is 11.6. The van der Waals surface area contributed by atoms with Crippen molar-refractivity contribution in [3.8, 4) is 5.75 Å². The number of hydroxylamine groups is 1. The number of carbonyl (C=O) groups is 1. The number of sulfonamides is 1. The van der Waals surface area contributed by atoms with E-state index in [9.17, 15) is 23.4 Å². The quantitative estimate of drug-likeness (QED) is 0.147. The van der Waals surface area contributed by atoms with E-state index in [4.69, 9.17) is 5.21 Å². The summed E-state index contributed by atoms with van der Waals surface area (Å²) >= 11 is 0. The van der Waals surface area contributed by atoms with Crippen LogP contribution in [-0.2, 0) is 16.4 Å². The number of rotatable bonds is 10. The molecule has 3 aromatic carbocycles. The Morgan fingerprint density at radius 2 is 1.62 bits per heavy atom. The number of carbonyl (C=O) groups excluding carboxylic acids is 1. The van der Waals surface area contributed by atoms with E-state index in [1.165, 1.54) is 18.2 Å². The van der Waals surface area contributed by atoms with Gasteiger partial charge >= 0.3 is 0 Å². The lowest BCUT2D eigenvalue weighted by molar-refractivity contribution is 0.0706. The van der Waals surface area contributed by atoms with E-state index >= 15 is 0 Å². The molecule has 0 aliphatic heterocycles. The van der Waals surface area contributed by atoms with Gasteiger partial charge in [-0.15, -0.1) is 0 Å². The molecule has 0 bridgehead atoms. The van der Waals surface area contributed by atoms with Gasteiger partial charge in [0.15, 0.2) is 0 Å². The molecule has 3 rings (SSSR count). The van der Waals surface area contributed by atoms with Crippen molar-refractivity contribution in [1.82, 2.24) is 10.8 Å². The number of aliphatic hydroxyl groups excluding tert-OH is 1. The molecule has 0 spiro atoms. The van der Waals surface area contributed by atoms with Crippen LogP contribution in [0.1, 0.15) is 39.2 Å². The Hall–Kier alpha value is -3.44. The van der Waals surface area contributed by atoms with Gasteiger partial charge in [-0.25, -0.2) is 13.9 Å². The SMILES string of the molecule is CS(=O)(=O)Nc1cc(C(O)CN[C@H](Cc2ccccc2)c2ccc(C(=O)NO)cc2)ccc1O. The van der Waals surface area contributed by atoms with Gasteiger partial charge in [0.25, 0.3) is 5.91 Å². The van der Waals surface area contributed by atoms with Crippen LogP contribution in [0.5, 0.6) is 5.75 Å². The largest absolute Gasteiger partial charge is 0.506 e. The van der Waals surface area contributed by atoms with E-state index in [1.54, 1.807) is 29.7 Å². The predicted octanol–water partition coefficient (Wildman–Crippen LogP) is 2.49. The Kier molecular flexibility index (Phi) is 8.24. The normalized spacial score (nSPS) is 13.1. The summed E-state index contributed by atoms with van der Waals surface area (Å²) in [6.07, 6.45) is 0.592. The summed E-state index contributed by atoms with van der Waals surface area (Å²) in [4.78, 5) is 11.6. The van der Waals surface area contributed by atoms with E-state index < -0.39 is 22.0 Å². The smallest absolute Gasteiger partial charge is 0.274 e. The summed E-state index contributed by atoms with van der Waals surface area (Å²) in [5.74, 6) is -0.858. The van der Waals surface area contributed by atoms with Crippen molar-refractivity contribution >= 4 is 21.6 Å². The number of aliphatic hydroxyl groups is 1. The van der Waals surface area contributed by atoms with Crippen LogP contribution in [0.15, 0.2) is 72.8 Å². The molecule has 0 aromatic heterocycles. The van der Waals surface area contributed by atoms with Gasteiger partial charge in [0.1, 0.15) is 5.75 Å². The molecule has 0 heterocycles. The van der Waals surface area contributed by atoms with Crippen molar-refractivity contribution < 1.29 is 28.6 Å². The number of aromatic hydroxyl groups is 1. The highest BCUT2D eigenvalue weighted by Gasteiger charge is 2.17. The van der Waals surface area contributed by atoms with Gasteiger partial charge in [0.2, 0.25) is 10.0 Å². The highest BCUT2D eigenvalue weighted by molar-refractivity contribution is 7.92. The van der Waals surface area contributed by atoms with E-state index in [1.807, 2.05) is 30.3 Å². The first-order valence-electron chi connectivity index (χ1n) is 10.5. The zero-order valence-corrected chi connectivity index (χ0v) is 19.3. The molecule has 0 radical (unpaired) electrons. The standard InChI is InChI=1S/C24H27N3O6S/c1-34(32,33)27-21-14-19(11-12-22(21)28)23(29)15-25-20(13-16-5-3-2-4-6-16)17-7-9-18(10-8-17)24(30)26-31/h2-12,14,20,23,25,27-29,31H,13,15H2,1H3,(H,26,30)/t20-,23?/m1/s1. The summed E-state index contributed by atoms with van der Waals surface area (Å²) in [7, 11) is -3.60. The lowest BCUT2D eigenvalue weighted by atomic mass is 9.97. The van der Waals surface area contributed by atoms with E-state index in [0.717, 1.165) is 17.4 Å². The first-order chi connectivity index (χ1) is 16.2. The second-order valence-corrected chi connectivity index (χ2v) is 9.63. The number of nitrogens with one attached hydrogen (secondary N) is 3. The highest BCUT2D eigenvalue weighted by atomic mass is 32.2. The van der Waals surface area contributed by atoms with Crippen molar-refractivity contribution in [2.45, 2.75) is 18.6 Å². The number of benzene rings is 3. The van der Waals surface area contributed by atoms with Crippen LogP contribution in [0.2, 0.25) is 0 Å². The fourth-order valence-electron chi connectivity index (χ4n) is 3.50. The minimum Gasteiger partial charge on any atom is -0.506 e. The van der Waals surface area contributed by atoms with Gasteiger partial charge in [0.05, 0.1) is 18.0 Å². The first kappa shape index (κ1) is 25.2. The van der Waals surface area contributed by atoms with Crippen LogP contribution in [0.25, 0.3) is 0 Å². The summed E-state index contributed by atoms with van der Waals surface area (Å²) in [5, 5.41) is 32.8. The molecule has 6 N–H and O–H groups in total. The van der Waals surface area contributed by atoms with Crippen LogP contribution in [0.3, 0.4) is 0 Å². The minimum atomic E-state index is -3.60. The van der Waals surface area contributed by atoms with E-state index in [0.29, 0.717) is 17.5 Å². The molecule has 34 heavy (non-hydrogen) atoms. The Morgan fingerprint density at radius 1 is 0.971 bits per heavy atom. The molecule has 10 heteroatoms. The molecule has 0 aliphatic rings. The predicted molar refractivity (Wildman–Crippen MR) is 128 cm³/mol. The average molecular weight is 486 g/mol. The molecule has 1 amide bonds. The Morgan fingerprint density at radius 3 is 2.24 bits per heavy atom. The van der Waals surface area contributed by atoms with Crippen LogP contribution >= 0.6 is 0 Å². The van der Waals surface area contributed by atoms with Crippen molar-refractivity contribution in [1.29, 1.82) is 0 Å². The second-order valence-electron chi connectivity index (χ2n) is 7.88. The topological polar surface area (TPSA) is 148 Å². The molecular formula is C24H27N3O6S. The van der Waals surface area contributed by atoms with Crippen LogP contribution in [0.4, 0.5) is 5.69 Å². The monoisotopic (exact) mass is 485 g/mol. The summed E-state index contributed by atoms with van der Waals surface area (Å²) in [5.41, 5.74) is 4.25. The van der Waals surface area contributed by atoms with Crippen molar-refractivity contribution in [3.05, 3.63) is 95.1 Å². The number of anilines is 1. The van der Waals surface area contributed by atoms with Crippen molar-refractivity contribution in [2.24, 2.45) is 0 Å². The van der Waals surface area contributed by atoms with Gasteiger partial charge in [-0.05, 0) is 47.4 Å². The fourth-order valence-corrected chi connectivity index (χ4v) is 4.07. The molecule has 0 saturated carbocycles. The highest BCUT2D eigenvalue weighted by Crippen LogP contribution is 2.28. The first-order valence-corrected chi connectivity index (χ1v) is 12.4. The molecule has 180 valence electrons. The zero-order valence-electron chi connectivity index (χ0n) is 18.5. The van der Waals surface area contributed by atoms with E-state index in [-0.39, 0.29) is 24.0 Å². The number of hydrogen-bond acceptors (Lipinski definition) is 7. The number of hydrogen-bond donors (Lipinski definition) is 6. The van der Waals surface area contributed by atoms with Gasteiger partial charge in [-0.2, -0.15) is 0 Å². The van der Waals surface area contributed by atoms with Gasteiger partial charge in [-0.3, -0.25) is 14.7 Å². The van der Waals surface area contributed by atoms with Gasteiger partial charge in [-0.1, -0.05) is 48.5 Å². The zero-order chi connectivity index (χ0) is 24.7. The molecule has 2 atom stereocenters. The third-order valence-electron chi connectivity index (χ3n) is 5.22. The van der Waals surface area contributed by atoms with Crippen LogP contribution < -0.4 is 15.5 Å². The lowest BCUT2D eigenvalue weighted by Crippen LogP contribution is -2.28. The Labute approximate surface area is 198 Å². The maximum atomic E-state index is 11.6. The Balaban J connectivity index is 1.78. The third-order valence-corrected chi connectivity index (χ3v) is 5.81. The van der Waals surface area contributed by atoms with Gasteiger partial charge < -0.3 is 15.5 Å². The molecular weight excluding hydrogens is 458 g/mol. The lowest BCUT2D eigenvalue weighted by Gasteiger charge is -2.22. The van der Waals surface area contributed by atoms with Crippen molar-refractivity contribution in [2.75, 3.05) is 17.5 Å². The minimum absolute atomic E-state index is 0.0161. The van der Waals surface area contributed by atoms with Crippen molar-refractivity contribution in [3.63, 3.8) is 0 Å². The Bertz CT molecular complexity index is 1220. The summed E-state index contributed by atoms with van der Waals surface area (Å²) < 4.78 is 25.3. The summed E-state index contributed by atoms with van der Waals surface area (Å²) in [6.45, 7) is 0.138. The summed E-state index contributed by atoms with van der Waals surface area (Å²) in [6, 6.07) is 20.5. The number of phenolic OH excluding ortho intramolecular Hbond substituents is 1. The molecule has 9 nitrogen and oxygen atoms in total. The second kappa shape index (κ2) is 11.1. The van der Waals surface area contributed by atoms with E-state index in [2.05, 4.69) is 10.0 Å². The molecule has 0 fully saturated rings. The average Bonchev–Trinajstić information content (AvgIpc) is 2.82. The maximum Gasteiger partial charge on any atom is 0.274 e. The number of amides is 1. The molecule has 1 unspecified atom stereocenters. The number of phenols is 1. The molecule has 0 saturated heterocycles. The molecule has 0 aliphatic carbocycles. The van der Waals surface area contributed by atoms with Crippen LogP contribution in [0, 0.1) is 0 Å².